The molecule has 0 aromatic heterocycles. The quantitative estimate of drug-likeness (QED) is 0.930. The van der Waals surface area contributed by atoms with Crippen LogP contribution in [0.15, 0.2) is 24.3 Å². The Hall–Kier alpha value is -1.20. The monoisotopic (exact) mass is 299 g/mol. The van der Waals surface area contributed by atoms with Gasteiger partial charge in [0.1, 0.15) is 6.04 Å². The second-order valence-corrected chi connectivity index (χ2v) is 6.11. The van der Waals surface area contributed by atoms with Gasteiger partial charge in [-0.05, 0) is 18.6 Å². The average Bonchev–Trinajstić information content (AvgIpc) is 2.74. The van der Waals surface area contributed by atoms with Crippen molar-refractivity contribution in [2.75, 3.05) is 5.75 Å². The third-order valence-electron chi connectivity index (χ3n) is 3.10. The highest BCUT2D eigenvalue weighted by molar-refractivity contribution is 8.00. The van der Waals surface area contributed by atoms with Crippen LogP contribution >= 0.6 is 23.4 Å². The van der Waals surface area contributed by atoms with Gasteiger partial charge in [-0.15, -0.1) is 11.8 Å². The summed E-state index contributed by atoms with van der Waals surface area (Å²) in [5, 5.41) is 9.55. The second kappa shape index (κ2) is 5.84. The number of nitrogens with zero attached hydrogens (tertiary/aromatic N) is 1. The average molecular weight is 300 g/mol. The third-order valence-corrected chi connectivity index (χ3v) is 4.68. The van der Waals surface area contributed by atoms with E-state index in [0.717, 1.165) is 5.56 Å². The number of hydrogen-bond acceptors (Lipinski definition) is 3. The van der Waals surface area contributed by atoms with E-state index in [1.165, 1.54) is 16.7 Å². The molecule has 0 spiro atoms. The molecule has 2 atom stereocenters. The van der Waals surface area contributed by atoms with Gasteiger partial charge in [0, 0.05) is 10.8 Å². The van der Waals surface area contributed by atoms with Crippen LogP contribution in [0.4, 0.5) is 0 Å². The molecule has 1 aliphatic rings. The molecule has 2 rings (SSSR count). The van der Waals surface area contributed by atoms with Crippen LogP contribution in [0.3, 0.4) is 0 Å². The second-order valence-electron chi connectivity index (χ2n) is 4.36. The maximum Gasteiger partial charge on any atom is 0.327 e. The molecule has 1 aliphatic heterocycles. The van der Waals surface area contributed by atoms with Crippen molar-refractivity contribution in [3.05, 3.63) is 34.9 Å². The summed E-state index contributed by atoms with van der Waals surface area (Å²) < 4.78 is 0. The Balaban J connectivity index is 2.15. The van der Waals surface area contributed by atoms with E-state index in [4.69, 9.17) is 16.7 Å². The van der Waals surface area contributed by atoms with Crippen LogP contribution < -0.4 is 0 Å². The molecule has 0 aliphatic carbocycles. The molecule has 1 saturated heterocycles. The molecule has 0 radical (unpaired) electrons. The molecular weight excluding hydrogens is 286 g/mol. The van der Waals surface area contributed by atoms with Gasteiger partial charge < -0.3 is 10.0 Å². The summed E-state index contributed by atoms with van der Waals surface area (Å²) in [6, 6.07) is 6.37. The van der Waals surface area contributed by atoms with E-state index in [9.17, 15) is 9.59 Å². The number of carboxylic acid groups (broad SMARTS) is 1. The van der Waals surface area contributed by atoms with Crippen LogP contribution in [0.5, 0.6) is 0 Å². The van der Waals surface area contributed by atoms with E-state index in [1.54, 1.807) is 18.2 Å². The predicted molar refractivity (Wildman–Crippen MR) is 75.3 cm³/mol. The number of carbonyl (C=O) groups excluding carboxylic acids is 1. The molecule has 0 bridgehead atoms. The van der Waals surface area contributed by atoms with Gasteiger partial charge >= 0.3 is 5.97 Å². The minimum absolute atomic E-state index is 0.115. The summed E-state index contributed by atoms with van der Waals surface area (Å²) in [6.07, 6.45) is 0.133. The van der Waals surface area contributed by atoms with Crippen molar-refractivity contribution in [1.82, 2.24) is 4.90 Å². The SMILES string of the molecule is CC1SCC(C(=O)O)N1C(=O)Cc1ccccc1Cl. The van der Waals surface area contributed by atoms with Gasteiger partial charge in [-0.3, -0.25) is 4.79 Å². The van der Waals surface area contributed by atoms with Crippen molar-refractivity contribution in [2.24, 2.45) is 0 Å². The van der Waals surface area contributed by atoms with Crippen molar-refractivity contribution in [3.63, 3.8) is 0 Å². The van der Waals surface area contributed by atoms with Crippen LogP contribution in [-0.4, -0.2) is 39.1 Å². The van der Waals surface area contributed by atoms with Gasteiger partial charge in [0.25, 0.3) is 0 Å². The van der Waals surface area contributed by atoms with Crippen LogP contribution in [0.2, 0.25) is 5.02 Å². The van der Waals surface area contributed by atoms with E-state index >= 15 is 0 Å². The number of amides is 1. The summed E-state index contributed by atoms with van der Waals surface area (Å²) in [6.45, 7) is 1.85. The fourth-order valence-electron chi connectivity index (χ4n) is 2.11. The number of carbonyl (C=O) groups is 2. The first-order chi connectivity index (χ1) is 9.00. The summed E-state index contributed by atoms with van der Waals surface area (Å²) in [5.74, 6) is -0.715. The normalized spacial score (nSPS) is 22.5. The minimum atomic E-state index is -0.954. The summed E-state index contributed by atoms with van der Waals surface area (Å²) >= 11 is 7.49. The number of hydrogen-bond donors (Lipinski definition) is 1. The first-order valence-electron chi connectivity index (χ1n) is 5.89. The highest BCUT2D eigenvalue weighted by Gasteiger charge is 2.39. The number of halogens is 1. The zero-order chi connectivity index (χ0) is 14.0. The fraction of sp³-hybridized carbons (Fsp3) is 0.385. The molecule has 4 nitrogen and oxygen atoms in total. The zero-order valence-corrected chi connectivity index (χ0v) is 11.9. The smallest absolute Gasteiger partial charge is 0.327 e. The minimum Gasteiger partial charge on any atom is -0.480 e. The Bertz CT molecular complexity index is 508. The fourth-order valence-corrected chi connectivity index (χ4v) is 3.50. The van der Waals surface area contributed by atoms with Crippen LogP contribution in [0, 0.1) is 0 Å². The summed E-state index contributed by atoms with van der Waals surface area (Å²) in [7, 11) is 0. The Kier molecular flexibility index (Phi) is 4.37. The molecule has 6 heteroatoms. The van der Waals surface area contributed by atoms with E-state index < -0.39 is 12.0 Å². The largest absolute Gasteiger partial charge is 0.480 e. The van der Waals surface area contributed by atoms with Gasteiger partial charge in [0.15, 0.2) is 0 Å². The molecule has 2 unspecified atom stereocenters. The number of carboxylic acids is 1. The molecule has 1 amide bonds. The Morgan fingerprint density at radius 1 is 1.47 bits per heavy atom. The van der Waals surface area contributed by atoms with Crippen molar-refractivity contribution < 1.29 is 14.7 Å². The molecule has 1 aromatic carbocycles. The molecular formula is C13H14ClNO3S. The maximum atomic E-state index is 12.3. The van der Waals surface area contributed by atoms with Gasteiger partial charge in [0.2, 0.25) is 5.91 Å². The standard InChI is InChI=1S/C13H14ClNO3S/c1-8-15(11(7-19-8)13(17)18)12(16)6-9-4-2-3-5-10(9)14/h2-5,8,11H,6-7H2,1H3,(H,17,18). The number of aliphatic carboxylic acids is 1. The van der Waals surface area contributed by atoms with E-state index in [2.05, 4.69) is 0 Å². The number of thioether (sulfide) groups is 1. The lowest BCUT2D eigenvalue weighted by atomic mass is 10.1. The van der Waals surface area contributed by atoms with Crippen molar-refractivity contribution in [3.8, 4) is 0 Å². The summed E-state index contributed by atoms with van der Waals surface area (Å²) in [4.78, 5) is 24.9. The molecule has 19 heavy (non-hydrogen) atoms. The zero-order valence-electron chi connectivity index (χ0n) is 10.4. The molecule has 1 fully saturated rings. The Morgan fingerprint density at radius 2 is 2.16 bits per heavy atom. The Labute approximate surface area is 120 Å². The Morgan fingerprint density at radius 3 is 2.79 bits per heavy atom. The van der Waals surface area contributed by atoms with E-state index in [0.29, 0.717) is 10.8 Å². The molecule has 102 valence electrons. The van der Waals surface area contributed by atoms with Crippen LogP contribution in [-0.2, 0) is 16.0 Å². The molecule has 1 heterocycles. The molecule has 1 N–H and O–H groups in total. The molecule has 0 saturated carbocycles. The van der Waals surface area contributed by atoms with Gasteiger partial charge in [-0.25, -0.2) is 4.79 Å². The van der Waals surface area contributed by atoms with Crippen LogP contribution in [0.1, 0.15) is 12.5 Å². The van der Waals surface area contributed by atoms with Gasteiger partial charge in [-0.2, -0.15) is 0 Å². The molecule has 1 aromatic rings. The van der Waals surface area contributed by atoms with Gasteiger partial charge in [-0.1, -0.05) is 29.8 Å². The number of benzene rings is 1. The van der Waals surface area contributed by atoms with Crippen LogP contribution in [0.25, 0.3) is 0 Å². The predicted octanol–water partition coefficient (Wildman–Crippen LogP) is 2.26. The van der Waals surface area contributed by atoms with Gasteiger partial charge in [0.05, 0.1) is 11.8 Å². The van der Waals surface area contributed by atoms with E-state index in [-0.39, 0.29) is 17.7 Å². The first-order valence-corrected chi connectivity index (χ1v) is 7.32. The highest BCUT2D eigenvalue weighted by Crippen LogP contribution is 2.30. The summed E-state index contributed by atoms with van der Waals surface area (Å²) in [5.41, 5.74) is 0.724. The van der Waals surface area contributed by atoms with Crippen molar-refractivity contribution >= 4 is 35.2 Å². The first kappa shape index (κ1) is 14.2. The highest BCUT2D eigenvalue weighted by atomic mass is 35.5. The maximum absolute atomic E-state index is 12.3. The lowest BCUT2D eigenvalue weighted by molar-refractivity contribution is -0.148. The topological polar surface area (TPSA) is 57.6 Å². The third kappa shape index (κ3) is 3.04. The van der Waals surface area contributed by atoms with E-state index in [1.807, 2.05) is 13.0 Å². The number of rotatable bonds is 3. The lowest BCUT2D eigenvalue weighted by Gasteiger charge is -2.25. The van der Waals surface area contributed by atoms with Crippen molar-refractivity contribution in [1.29, 1.82) is 0 Å². The lowest BCUT2D eigenvalue weighted by Crippen LogP contribution is -2.45. The van der Waals surface area contributed by atoms with Crippen molar-refractivity contribution in [2.45, 2.75) is 24.8 Å².